The summed E-state index contributed by atoms with van der Waals surface area (Å²) >= 11 is 15.6. The summed E-state index contributed by atoms with van der Waals surface area (Å²) in [7, 11) is 0. The fraction of sp³-hybridized carbons (Fsp3) is 0.188. The van der Waals surface area contributed by atoms with Crippen LogP contribution in [0.2, 0.25) is 5.02 Å². The maximum Gasteiger partial charge on any atom is 0.253 e. The summed E-state index contributed by atoms with van der Waals surface area (Å²) in [5.74, 6) is 0.00211. The Kier molecular flexibility index (Phi) is 5.31. The van der Waals surface area contributed by atoms with Crippen molar-refractivity contribution < 1.29 is 4.79 Å². The Balaban J connectivity index is 2.30. The maximum atomic E-state index is 12.5. The Morgan fingerprint density at radius 3 is 2.48 bits per heavy atom. The molecule has 2 aromatic carbocycles. The molecule has 0 bridgehead atoms. The third kappa shape index (κ3) is 3.60. The van der Waals surface area contributed by atoms with Crippen molar-refractivity contribution in [3.05, 3.63) is 69.2 Å². The van der Waals surface area contributed by atoms with Crippen molar-refractivity contribution in [3.8, 4) is 0 Å². The second-order valence-electron chi connectivity index (χ2n) is 4.89. The predicted octanol–water partition coefficient (Wildman–Crippen LogP) is 4.99. The topological polar surface area (TPSA) is 29.1 Å². The average Bonchev–Trinajstić information content (AvgIpc) is 2.50. The number of hydrogen-bond donors (Lipinski definition) is 1. The number of rotatable bonds is 4. The molecule has 1 N–H and O–H groups in total. The molecule has 0 aliphatic carbocycles. The van der Waals surface area contributed by atoms with Gasteiger partial charge in [-0.2, -0.15) is 0 Å². The highest BCUT2D eigenvalue weighted by Gasteiger charge is 2.28. The normalized spacial score (nSPS) is 13.5. The highest BCUT2D eigenvalue weighted by Crippen LogP contribution is 2.28. The van der Waals surface area contributed by atoms with Crippen molar-refractivity contribution in [2.75, 3.05) is 5.88 Å². The number of hydrogen-bond acceptors (Lipinski definition) is 1. The fourth-order valence-corrected chi connectivity index (χ4v) is 2.78. The van der Waals surface area contributed by atoms with E-state index in [1.54, 1.807) is 18.2 Å². The van der Waals surface area contributed by atoms with E-state index in [4.69, 9.17) is 23.2 Å². The molecule has 0 saturated carbocycles. The van der Waals surface area contributed by atoms with Gasteiger partial charge in [0.1, 0.15) is 0 Å². The Bertz CT molecular complexity index is 648. The second-order valence-corrected chi connectivity index (χ2v) is 6.39. The van der Waals surface area contributed by atoms with E-state index < -0.39 is 5.54 Å². The molecule has 110 valence electrons. The zero-order valence-corrected chi connectivity index (χ0v) is 14.5. The van der Waals surface area contributed by atoms with Crippen LogP contribution in [0.15, 0.2) is 53.0 Å². The summed E-state index contributed by atoms with van der Waals surface area (Å²) in [5.41, 5.74) is 0.698. The molecule has 2 rings (SSSR count). The number of carbonyl (C=O) groups excluding carboxylic acids is 1. The Morgan fingerprint density at radius 2 is 1.86 bits per heavy atom. The third-order valence-corrected chi connectivity index (χ3v) is 5.09. The van der Waals surface area contributed by atoms with Crippen LogP contribution in [-0.4, -0.2) is 11.8 Å². The minimum absolute atomic E-state index is 0.256. The maximum absolute atomic E-state index is 12.5. The number of amides is 1. The van der Waals surface area contributed by atoms with Crippen LogP contribution >= 0.6 is 39.1 Å². The molecular formula is C16H14BrCl2NO. The van der Waals surface area contributed by atoms with Crippen molar-refractivity contribution in [1.82, 2.24) is 5.32 Å². The van der Waals surface area contributed by atoms with Gasteiger partial charge in [0.05, 0.1) is 16.1 Å². The lowest BCUT2D eigenvalue weighted by Gasteiger charge is -2.29. The van der Waals surface area contributed by atoms with Crippen molar-refractivity contribution in [2.45, 2.75) is 12.5 Å². The van der Waals surface area contributed by atoms with E-state index in [1.807, 2.05) is 37.3 Å². The minimum atomic E-state index is -0.661. The summed E-state index contributed by atoms with van der Waals surface area (Å²) in [6.45, 7) is 1.89. The van der Waals surface area contributed by atoms with Gasteiger partial charge in [-0.1, -0.05) is 48.0 Å². The van der Waals surface area contributed by atoms with Gasteiger partial charge in [0.2, 0.25) is 0 Å². The number of nitrogens with one attached hydrogen (secondary N) is 1. The summed E-state index contributed by atoms with van der Waals surface area (Å²) in [5, 5.41) is 3.36. The Morgan fingerprint density at radius 1 is 1.19 bits per heavy atom. The first-order chi connectivity index (χ1) is 9.98. The van der Waals surface area contributed by atoms with Crippen LogP contribution < -0.4 is 5.32 Å². The average molecular weight is 387 g/mol. The van der Waals surface area contributed by atoms with Gasteiger partial charge < -0.3 is 5.32 Å². The highest BCUT2D eigenvalue weighted by molar-refractivity contribution is 9.10. The SMILES string of the molecule is CC(CCl)(NC(=O)c1cccc(Br)c1Cl)c1ccccc1. The summed E-state index contributed by atoms with van der Waals surface area (Å²) in [6.07, 6.45) is 0. The van der Waals surface area contributed by atoms with Crippen LogP contribution in [-0.2, 0) is 5.54 Å². The van der Waals surface area contributed by atoms with Crippen molar-refractivity contribution >= 4 is 45.0 Å². The first kappa shape index (κ1) is 16.3. The quantitative estimate of drug-likeness (QED) is 0.737. The fourth-order valence-electron chi connectivity index (χ4n) is 1.99. The number of alkyl halides is 1. The van der Waals surface area contributed by atoms with Crippen LogP contribution in [0.3, 0.4) is 0 Å². The van der Waals surface area contributed by atoms with Crippen LogP contribution in [0.25, 0.3) is 0 Å². The number of benzene rings is 2. The van der Waals surface area contributed by atoms with Gasteiger partial charge in [0, 0.05) is 10.4 Å². The molecule has 1 amide bonds. The summed E-state index contributed by atoms with van der Waals surface area (Å²) < 4.78 is 0.684. The van der Waals surface area contributed by atoms with E-state index in [9.17, 15) is 4.79 Å². The van der Waals surface area contributed by atoms with Crippen LogP contribution in [0.4, 0.5) is 0 Å². The molecule has 0 aromatic heterocycles. The monoisotopic (exact) mass is 385 g/mol. The second kappa shape index (κ2) is 6.82. The van der Waals surface area contributed by atoms with E-state index in [0.29, 0.717) is 15.1 Å². The van der Waals surface area contributed by atoms with Crippen molar-refractivity contribution in [2.24, 2.45) is 0 Å². The van der Waals surface area contributed by atoms with E-state index in [0.717, 1.165) is 5.56 Å². The van der Waals surface area contributed by atoms with Crippen LogP contribution in [0.5, 0.6) is 0 Å². The number of halogens is 3. The molecule has 0 heterocycles. The third-order valence-electron chi connectivity index (χ3n) is 3.26. The first-order valence-corrected chi connectivity index (χ1v) is 8.06. The van der Waals surface area contributed by atoms with Gasteiger partial charge in [-0.3, -0.25) is 4.79 Å². The lowest BCUT2D eigenvalue weighted by atomic mass is 9.93. The van der Waals surface area contributed by atoms with Gasteiger partial charge in [-0.15, -0.1) is 11.6 Å². The molecule has 1 unspecified atom stereocenters. The first-order valence-electron chi connectivity index (χ1n) is 6.36. The predicted molar refractivity (Wildman–Crippen MR) is 91.1 cm³/mol. The summed E-state index contributed by atoms with van der Waals surface area (Å²) in [6, 6.07) is 14.9. The Hall–Kier alpha value is -1.03. The van der Waals surface area contributed by atoms with Crippen LogP contribution in [0.1, 0.15) is 22.8 Å². The largest absolute Gasteiger partial charge is 0.342 e. The van der Waals surface area contributed by atoms with Gasteiger partial charge in [-0.25, -0.2) is 0 Å². The standard InChI is InChI=1S/C16H14BrCl2NO/c1-16(10-18,11-6-3-2-4-7-11)20-15(21)12-8-5-9-13(17)14(12)19/h2-9H,10H2,1H3,(H,20,21). The molecule has 0 spiro atoms. The minimum Gasteiger partial charge on any atom is -0.342 e. The van der Waals surface area contributed by atoms with Gasteiger partial charge in [0.25, 0.3) is 5.91 Å². The van der Waals surface area contributed by atoms with E-state index in [-0.39, 0.29) is 11.8 Å². The molecule has 0 aliphatic heterocycles. The molecule has 0 aliphatic rings. The van der Waals surface area contributed by atoms with Crippen molar-refractivity contribution in [3.63, 3.8) is 0 Å². The molecule has 0 fully saturated rings. The van der Waals surface area contributed by atoms with Crippen LogP contribution in [0, 0.1) is 0 Å². The molecule has 2 aromatic rings. The smallest absolute Gasteiger partial charge is 0.253 e. The highest BCUT2D eigenvalue weighted by atomic mass is 79.9. The van der Waals surface area contributed by atoms with E-state index >= 15 is 0 Å². The summed E-state index contributed by atoms with van der Waals surface area (Å²) in [4.78, 5) is 12.5. The van der Waals surface area contributed by atoms with Crippen molar-refractivity contribution in [1.29, 1.82) is 0 Å². The molecule has 1 atom stereocenters. The van der Waals surface area contributed by atoms with Gasteiger partial charge in [0.15, 0.2) is 0 Å². The number of carbonyl (C=O) groups is 1. The molecule has 5 heteroatoms. The molecule has 0 saturated heterocycles. The van der Waals surface area contributed by atoms with E-state index in [2.05, 4.69) is 21.2 Å². The molecule has 2 nitrogen and oxygen atoms in total. The van der Waals surface area contributed by atoms with Gasteiger partial charge >= 0.3 is 0 Å². The lowest BCUT2D eigenvalue weighted by Crippen LogP contribution is -2.45. The van der Waals surface area contributed by atoms with Gasteiger partial charge in [-0.05, 0) is 40.5 Å². The lowest BCUT2D eigenvalue weighted by molar-refractivity contribution is 0.0913. The Labute approximate surface area is 142 Å². The zero-order valence-electron chi connectivity index (χ0n) is 11.4. The molecule has 0 radical (unpaired) electrons. The molecule has 21 heavy (non-hydrogen) atoms. The zero-order chi connectivity index (χ0) is 15.5. The molecular weight excluding hydrogens is 373 g/mol. The van der Waals surface area contributed by atoms with E-state index in [1.165, 1.54) is 0 Å².